The number of hydrogen-bond acceptors (Lipinski definition) is 1. The summed E-state index contributed by atoms with van der Waals surface area (Å²) in [5.41, 5.74) is 3.56. The molecule has 0 saturated heterocycles. The summed E-state index contributed by atoms with van der Waals surface area (Å²) in [5.74, 6) is 0. The van der Waals surface area contributed by atoms with Crippen LogP contribution >= 0.6 is 0 Å². The molecule has 2 aromatic heterocycles. The predicted molar refractivity (Wildman–Crippen MR) is 60.5 cm³/mol. The van der Waals surface area contributed by atoms with Gasteiger partial charge in [0.2, 0.25) is 0 Å². The maximum atomic E-state index is 3.96. The van der Waals surface area contributed by atoms with E-state index in [4.69, 9.17) is 0 Å². The molecule has 0 amide bonds. The molecule has 0 spiro atoms. The fraction of sp³-hybridized carbons (Fsp3) is 0.0833. The summed E-state index contributed by atoms with van der Waals surface area (Å²) >= 11 is 0. The van der Waals surface area contributed by atoms with Crippen LogP contribution in [-0.4, -0.2) is 14.8 Å². The Labute approximate surface area is 87.4 Å². The maximum Gasteiger partial charge on any atom is 0.0565 e. The summed E-state index contributed by atoms with van der Waals surface area (Å²) in [6.07, 6.45) is 5.82. The van der Waals surface area contributed by atoms with Gasteiger partial charge in [0.1, 0.15) is 0 Å². The second-order valence-electron chi connectivity index (χ2n) is 3.69. The number of benzene rings is 1. The minimum atomic E-state index is 1.12. The van der Waals surface area contributed by atoms with E-state index in [1.54, 1.807) is 0 Å². The number of aromatic nitrogens is 3. The normalized spacial score (nSPS) is 11.0. The van der Waals surface area contributed by atoms with Crippen molar-refractivity contribution in [1.82, 2.24) is 14.8 Å². The second-order valence-corrected chi connectivity index (χ2v) is 3.69. The van der Waals surface area contributed by atoms with Crippen LogP contribution in [0.2, 0.25) is 0 Å². The lowest BCUT2D eigenvalue weighted by Crippen LogP contribution is -1.84. The number of fused-ring (bicyclic) bond motifs is 1. The monoisotopic (exact) mass is 197 g/mol. The van der Waals surface area contributed by atoms with Gasteiger partial charge in [0.25, 0.3) is 0 Å². The lowest BCUT2D eigenvalue weighted by atomic mass is 10.1. The first-order valence-corrected chi connectivity index (χ1v) is 4.89. The fourth-order valence-corrected chi connectivity index (χ4v) is 1.85. The van der Waals surface area contributed by atoms with Gasteiger partial charge >= 0.3 is 0 Å². The molecule has 74 valence electrons. The van der Waals surface area contributed by atoms with Gasteiger partial charge in [0.05, 0.1) is 6.20 Å². The topological polar surface area (TPSA) is 33.6 Å². The molecule has 3 heteroatoms. The molecule has 0 radical (unpaired) electrons. The number of nitrogens with one attached hydrogen (secondary N) is 1. The van der Waals surface area contributed by atoms with Gasteiger partial charge in [-0.25, -0.2) is 0 Å². The highest BCUT2D eigenvalue weighted by molar-refractivity contribution is 5.85. The molecular formula is C12H11N3. The molecule has 0 aliphatic carbocycles. The largest absolute Gasteiger partial charge is 0.351 e. The van der Waals surface area contributed by atoms with E-state index in [0.717, 1.165) is 5.56 Å². The minimum Gasteiger partial charge on any atom is -0.351 e. The van der Waals surface area contributed by atoms with Crippen LogP contribution in [0.15, 0.2) is 42.9 Å². The predicted octanol–water partition coefficient (Wildman–Crippen LogP) is 2.57. The van der Waals surface area contributed by atoms with Crippen molar-refractivity contribution in [3.05, 3.63) is 42.9 Å². The van der Waals surface area contributed by atoms with E-state index in [9.17, 15) is 0 Å². The van der Waals surface area contributed by atoms with Crippen LogP contribution < -0.4 is 0 Å². The quantitative estimate of drug-likeness (QED) is 0.639. The average Bonchev–Trinajstić information content (AvgIpc) is 2.88. The van der Waals surface area contributed by atoms with Gasteiger partial charge in [0, 0.05) is 30.5 Å². The average molecular weight is 197 g/mol. The lowest BCUT2D eigenvalue weighted by molar-refractivity contribution is 0.969. The molecule has 15 heavy (non-hydrogen) atoms. The van der Waals surface area contributed by atoms with Crippen LogP contribution in [-0.2, 0) is 7.05 Å². The molecule has 1 aromatic carbocycles. The van der Waals surface area contributed by atoms with Crippen LogP contribution in [0.1, 0.15) is 0 Å². The van der Waals surface area contributed by atoms with E-state index >= 15 is 0 Å². The molecule has 0 fully saturated rings. The highest BCUT2D eigenvalue weighted by Crippen LogP contribution is 2.23. The third-order valence-corrected chi connectivity index (χ3v) is 2.72. The van der Waals surface area contributed by atoms with E-state index in [2.05, 4.69) is 52.3 Å². The Morgan fingerprint density at radius 3 is 2.93 bits per heavy atom. The number of hydrogen-bond donors (Lipinski definition) is 1. The second kappa shape index (κ2) is 2.98. The van der Waals surface area contributed by atoms with E-state index < -0.39 is 0 Å². The molecule has 2 heterocycles. The number of aromatic amines is 1. The standard InChI is InChI=1S/C12H11N3/c1-15-5-4-9-2-3-10(6-12(9)15)11-7-13-14-8-11/h2-8H,1H3,(H,13,14). The zero-order chi connectivity index (χ0) is 10.3. The Kier molecular flexibility index (Phi) is 1.65. The Bertz CT molecular complexity index is 590. The fourth-order valence-electron chi connectivity index (χ4n) is 1.85. The third-order valence-electron chi connectivity index (χ3n) is 2.72. The number of nitrogens with zero attached hydrogens (tertiary/aromatic N) is 2. The van der Waals surface area contributed by atoms with E-state index in [1.807, 2.05) is 12.4 Å². The summed E-state index contributed by atoms with van der Waals surface area (Å²) in [6.45, 7) is 0. The van der Waals surface area contributed by atoms with Crippen molar-refractivity contribution in [3.63, 3.8) is 0 Å². The molecule has 0 bridgehead atoms. The highest BCUT2D eigenvalue weighted by atomic mass is 15.1. The van der Waals surface area contributed by atoms with Crippen LogP contribution in [0.3, 0.4) is 0 Å². The van der Waals surface area contributed by atoms with Gasteiger partial charge in [0.15, 0.2) is 0 Å². The summed E-state index contributed by atoms with van der Waals surface area (Å²) in [4.78, 5) is 0. The third kappa shape index (κ3) is 1.24. The van der Waals surface area contributed by atoms with Gasteiger partial charge in [-0.05, 0) is 23.1 Å². The molecule has 0 unspecified atom stereocenters. The van der Waals surface area contributed by atoms with E-state index in [1.165, 1.54) is 16.5 Å². The molecule has 0 aliphatic heterocycles. The summed E-state index contributed by atoms with van der Waals surface area (Å²) in [6, 6.07) is 8.56. The Morgan fingerprint density at radius 1 is 1.20 bits per heavy atom. The van der Waals surface area contributed by atoms with Crippen LogP contribution in [0.5, 0.6) is 0 Å². The first-order valence-electron chi connectivity index (χ1n) is 4.89. The van der Waals surface area contributed by atoms with Crippen molar-refractivity contribution in [2.75, 3.05) is 0 Å². The van der Waals surface area contributed by atoms with Crippen molar-refractivity contribution in [3.8, 4) is 11.1 Å². The summed E-state index contributed by atoms with van der Waals surface area (Å²) in [7, 11) is 2.06. The smallest absolute Gasteiger partial charge is 0.0565 e. The van der Waals surface area contributed by atoms with Gasteiger partial charge in [-0.1, -0.05) is 12.1 Å². The summed E-state index contributed by atoms with van der Waals surface area (Å²) < 4.78 is 2.12. The van der Waals surface area contributed by atoms with E-state index in [0.29, 0.717) is 0 Å². The van der Waals surface area contributed by atoms with Crippen molar-refractivity contribution in [1.29, 1.82) is 0 Å². The van der Waals surface area contributed by atoms with Crippen molar-refractivity contribution in [2.24, 2.45) is 7.05 Å². The van der Waals surface area contributed by atoms with Crippen molar-refractivity contribution < 1.29 is 0 Å². The molecule has 0 aliphatic rings. The molecule has 1 N–H and O–H groups in total. The van der Waals surface area contributed by atoms with Crippen LogP contribution in [0, 0.1) is 0 Å². The minimum absolute atomic E-state index is 1.12. The molecular weight excluding hydrogens is 186 g/mol. The van der Waals surface area contributed by atoms with Gasteiger partial charge in [-0.3, -0.25) is 5.10 Å². The number of rotatable bonds is 1. The van der Waals surface area contributed by atoms with Gasteiger partial charge in [-0.15, -0.1) is 0 Å². The van der Waals surface area contributed by atoms with Gasteiger partial charge < -0.3 is 4.57 Å². The maximum absolute atomic E-state index is 3.96. The Hall–Kier alpha value is -2.03. The zero-order valence-electron chi connectivity index (χ0n) is 8.44. The van der Waals surface area contributed by atoms with Crippen molar-refractivity contribution >= 4 is 10.9 Å². The number of aryl methyl sites for hydroxylation is 1. The highest BCUT2D eigenvalue weighted by Gasteiger charge is 2.02. The molecule has 3 rings (SSSR count). The van der Waals surface area contributed by atoms with Crippen molar-refractivity contribution in [2.45, 2.75) is 0 Å². The van der Waals surface area contributed by atoms with Crippen LogP contribution in [0.4, 0.5) is 0 Å². The SMILES string of the molecule is Cn1ccc2ccc(-c3cn[nH]c3)cc21. The Morgan fingerprint density at radius 2 is 2.13 bits per heavy atom. The van der Waals surface area contributed by atoms with E-state index in [-0.39, 0.29) is 0 Å². The first-order chi connectivity index (χ1) is 7.34. The first kappa shape index (κ1) is 8.29. The molecule has 3 nitrogen and oxygen atoms in total. The van der Waals surface area contributed by atoms with Gasteiger partial charge in [-0.2, -0.15) is 5.10 Å². The zero-order valence-corrected chi connectivity index (χ0v) is 8.44. The van der Waals surface area contributed by atoms with Crippen LogP contribution in [0.25, 0.3) is 22.0 Å². The molecule has 0 saturated carbocycles. The summed E-state index contributed by atoms with van der Waals surface area (Å²) in [5, 5.41) is 8.05. The number of H-pyrrole nitrogens is 1. The molecule has 0 atom stereocenters. The lowest BCUT2D eigenvalue weighted by Gasteiger charge is -2.00. The molecule has 3 aromatic rings. The Balaban J connectivity index is 2.25.